The molecule has 2 unspecified atom stereocenters. The Morgan fingerprint density at radius 3 is 3.00 bits per heavy atom. The summed E-state index contributed by atoms with van der Waals surface area (Å²) in [6, 6.07) is 8.78. The first-order chi connectivity index (χ1) is 13.0. The second-order valence-corrected chi connectivity index (χ2v) is 7.09. The summed E-state index contributed by atoms with van der Waals surface area (Å²) in [5.74, 6) is -0.0359. The van der Waals surface area contributed by atoms with Gasteiger partial charge in [0.05, 0.1) is 19.1 Å². The van der Waals surface area contributed by atoms with Crippen LogP contribution in [0.5, 0.6) is 0 Å². The summed E-state index contributed by atoms with van der Waals surface area (Å²) >= 11 is 0. The van der Waals surface area contributed by atoms with E-state index in [-0.39, 0.29) is 23.6 Å². The van der Waals surface area contributed by atoms with Crippen molar-refractivity contribution in [1.82, 2.24) is 14.5 Å². The Bertz CT molecular complexity index is 956. The van der Waals surface area contributed by atoms with Crippen LogP contribution in [0.15, 0.2) is 47.5 Å². The summed E-state index contributed by atoms with van der Waals surface area (Å²) in [7, 11) is 1.38. The molecule has 0 radical (unpaired) electrons. The minimum Gasteiger partial charge on any atom is -0.469 e. The van der Waals surface area contributed by atoms with Crippen LogP contribution in [0.1, 0.15) is 12.0 Å². The number of likely N-dealkylation sites (tertiary alicyclic amines) is 1. The summed E-state index contributed by atoms with van der Waals surface area (Å²) in [6.45, 7) is 1.32. The molecule has 140 valence electrons. The molecule has 2 aromatic rings. The van der Waals surface area contributed by atoms with Gasteiger partial charge in [0.2, 0.25) is 0 Å². The van der Waals surface area contributed by atoms with Gasteiger partial charge in [-0.05, 0) is 36.1 Å². The number of hydrogen-bond acceptors (Lipinski definition) is 5. The number of anilines is 1. The van der Waals surface area contributed by atoms with Crippen LogP contribution < -0.4 is 11.0 Å². The standard InChI is InChI=1S/C19H20N4O4/c1-27-16(24)19-9-14(19)11-23(12-19)18(26)21-15-5-2-4-13(8-15)10-22-7-3-6-20-17(22)25/h2-8,14H,9-12H2,1H3,(H,21,26). The van der Waals surface area contributed by atoms with E-state index in [0.717, 1.165) is 12.0 Å². The van der Waals surface area contributed by atoms with E-state index in [9.17, 15) is 14.4 Å². The topological polar surface area (TPSA) is 93.5 Å². The van der Waals surface area contributed by atoms with E-state index in [0.29, 0.717) is 25.3 Å². The average Bonchev–Trinajstić information content (AvgIpc) is 3.24. The number of hydrogen-bond donors (Lipinski definition) is 1. The van der Waals surface area contributed by atoms with E-state index in [4.69, 9.17) is 4.74 Å². The molecule has 1 saturated carbocycles. The Morgan fingerprint density at radius 2 is 2.22 bits per heavy atom. The van der Waals surface area contributed by atoms with E-state index in [1.54, 1.807) is 23.2 Å². The molecule has 27 heavy (non-hydrogen) atoms. The quantitative estimate of drug-likeness (QED) is 0.822. The van der Waals surface area contributed by atoms with Crippen LogP contribution >= 0.6 is 0 Å². The molecule has 0 bridgehead atoms. The fourth-order valence-corrected chi connectivity index (χ4v) is 3.81. The molecule has 2 fully saturated rings. The summed E-state index contributed by atoms with van der Waals surface area (Å²) in [6.07, 6.45) is 3.92. The van der Waals surface area contributed by atoms with Gasteiger partial charge in [0, 0.05) is 31.2 Å². The van der Waals surface area contributed by atoms with Gasteiger partial charge < -0.3 is 15.0 Å². The van der Waals surface area contributed by atoms with Crippen LogP contribution in [-0.2, 0) is 16.1 Å². The zero-order chi connectivity index (χ0) is 19.0. The highest BCUT2D eigenvalue weighted by atomic mass is 16.5. The lowest BCUT2D eigenvalue weighted by atomic mass is 10.1. The fraction of sp³-hybridized carbons (Fsp3) is 0.368. The summed E-state index contributed by atoms with van der Waals surface area (Å²) in [4.78, 5) is 41.6. The van der Waals surface area contributed by atoms with Gasteiger partial charge in [-0.15, -0.1) is 0 Å². The normalized spacial score (nSPS) is 22.9. The molecule has 2 aliphatic rings. The van der Waals surface area contributed by atoms with Crippen molar-refractivity contribution in [3.05, 3.63) is 58.8 Å². The summed E-state index contributed by atoms with van der Waals surface area (Å²) < 4.78 is 6.37. The second kappa shape index (κ2) is 6.53. The molecule has 1 aromatic heterocycles. The number of benzene rings is 1. The first-order valence-corrected chi connectivity index (χ1v) is 8.76. The Kier molecular flexibility index (Phi) is 4.18. The van der Waals surface area contributed by atoms with Crippen molar-refractivity contribution in [3.63, 3.8) is 0 Å². The van der Waals surface area contributed by atoms with Crippen LogP contribution in [0, 0.1) is 11.3 Å². The van der Waals surface area contributed by atoms with Crippen molar-refractivity contribution in [2.24, 2.45) is 11.3 Å². The molecule has 8 nitrogen and oxygen atoms in total. The Labute approximate surface area is 155 Å². The molecular formula is C19H20N4O4. The van der Waals surface area contributed by atoms with Crippen molar-refractivity contribution >= 4 is 17.7 Å². The summed E-state index contributed by atoms with van der Waals surface area (Å²) in [5.41, 5.74) is 0.687. The van der Waals surface area contributed by atoms with E-state index >= 15 is 0 Å². The Balaban J connectivity index is 1.42. The summed E-state index contributed by atoms with van der Waals surface area (Å²) in [5, 5.41) is 2.87. The van der Waals surface area contributed by atoms with E-state index < -0.39 is 5.41 Å². The van der Waals surface area contributed by atoms with Gasteiger partial charge in [0.25, 0.3) is 0 Å². The molecule has 2 atom stereocenters. The molecule has 1 aromatic carbocycles. The van der Waals surface area contributed by atoms with Crippen LogP contribution in [0.25, 0.3) is 0 Å². The highest BCUT2D eigenvalue weighted by Crippen LogP contribution is 2.58. The van der Waals surface area contributed by atoms with Crippen molar-refractivity contribution in [2.45, 2.75) is 13.0 Å². The molecule has 1 saturated heterocycles. The third-order valence-corrected chi connectivity index (χ3v) is 5.34. The van der Waals surface area contributed by atoms with Gasteiger partial charge >= 0.3 is 17.7 Å². The van der Waals surface area contributed by atoms with Crippen molar-refractivity contribution in [2.75, 3.05) is 25.5 Å². The van der Waals surface area contributed by atoms with Gasteiger partial charge in [-0.2, -0.15) is 0 Å². The van der Waals surface area contributed by atoms with Gasteiger partial charge in [-0.25, -0.2) is 14.6 Å². The maximum Gasteiger partial charge on any atom is 0.347 e. The van der Waals surface area contributed by atoms with Crippen molar-refractivity contribution in [1.29, 1.82) is 0 Å². The number of fused-ring (bicyclic) bond motifs is 1. The van der Waals surface area contributed by atoms with Crippen LogP contribution in [0.3, 0.4) is 0 Å². The van der Waals surface area contributed by atoms with Gasteiger partial charge in [-0.1, -0.05) is 12.1 Å². The van der Waals surface area contributed by atoms with Gasteiger partial charge in [0.15, 0.2) is 0 Å². The lowest BCUT2D eigenvalue weighted by molar-refractivity contribution is -0.147. The minimum absolute atomic E-state index is 0.194. The van der Waals surface area contributed by atoms with Gasteiger partial charge in [0.1, 0.15) is 0 Å². The lowest BCUT2D eigenvalue weighted by Gasteiger charge is -2.20. The molecule has 2 amide bonds. The number of aromatic nitrogens is 2. The number of piperidine rings is 1. The number of rotatable bonds is 4. The van der Waals surface area contributed by atoms with Gasteiger partial charge in [-0.3, -0.25) is 9.36 Å². The highest BCUT2D eigenvalue weighted by Gasteiger charge is 2.66. The lowest BCUT2D eigenvalue weighted by Crippen LogP contribution is -2.37. The Hall–Kier alpha value is -3.16. The first kappa shape index (κ1) is 17.3. The number of nitrogens with zero attached hydrogens (tertiary/aromatic N) is 3. The molecule has 1 N–H and O–H groups in total. The zero-order valence-corrected chi connectivity index (χ0v) is 14.9. The third-order valence-electron chi connectivity index (χ3n) is 5.34. The average molecular weight is 368 g/mol. The maximum atomic E-state index is 12.6. The largest absolute Gasteiger partial charge is 0.469 e. The number of nitrogens with one attached hydrogen (secondary N) is 1. The molecule has 0 spiro atoms. The SMILES string of the molecule is COC(=O)C12CC1CN(C(=O)Nc1cccc(Cn3cccnc3=O)c1)C2. The zero-order valence-electron chi connectivity index (χ0n) is 14.9. The van der Waals surface area contributed by atoms with Crippen LogP contribution in [-0.4, -0.2) is 46.7 Å². The second-order valence-electron chi connectivity index (χ2n) is 7.09. The number of amides is 2. The van der Waals surface area contributed by atoms with E-state index in [1.165, 1.54) is 17.9 Å². The first-order valence-electron chi connectivity index (χ1n) is 8.76. The molecule has 2 heterocycles. The smallest absolute Gasteiger partial charge is 0.347 e. The molecule has 1 aliphatic heterocycles. The minimum atomic E-state index is -0.505. The number of carbonyl (C=O) groups excluding carboxylic acids is 2. The third kappa shape index (κ3) is 3.18. The fourth-order valence-electron chi connectivity index (χ4n) is 3.81. The number of carbonyl (C=O) groups is 2. The van der Waals surface area contributed by atoms with E-state index in [1.807, 2.05) is 18.2 Å². The highest BCUT2D eigenvalue weighted by molar-refractivity contribution is 5.91. The van der Waals surface area contributed by atoms with Crippen molar-refractivity contribution < 1.29 is 14.3 Å². The van der Waals surface area contributed by atoms with Crippen molar-refractivity contribution in [3.8, 4) is 0 Å². The predicted octanol–water partition coefficient (Wildman–Crippen LogP) is 1.32. The van der Waals surface area contributed by atoms with Crippen LogP contribution in [0.4, 0.5) is 10.5 Å². The number of ether oxygens (including phenoxy) is 1. The number of methoxy groups -OCH3 is 1. The number of urea groups is 1. The van der Waals surface area contributed by atoms with E-state index in [2.05, 4.69) is 10.3 Å². The molecule has 4 rings (SSSR count). The Morgan fingerprint density at radius 1 is 1.37 bits per heavy atom. The molecule has 1 aliphatic carbocycles. The monoisotopic (exact) mass is 368 g/mol. The maximum absolute atomic E-state index is 12.6. The van der Waals surface area contributed by atoms with Crippen LogP contribution in [0.2, 0.25) is 0 Å². The predicted molar refractivity (Wildman–Crippen MR) is 97.2 cm³/mol. The molecule has 8 heteroatoms. The molecular weight excluding hydrogens is 348 g/mol. The number of esters is 1.